The van der Waals surface area contributed by atoms with Crippen LogP contribution in [0.2, 0.25) is 5.28 Å². The minimum absolute atomic E-state index is 0.0668. The van der Waals surface area contributed by atoms with Crippen molar-refractivity contribution >= 4 is 45.7 Å². The number of hydrogen-bond donors (Lipinski definition) is 0. The Labute approximate surface area is 189 Å². The van der Waals surface area contributed by atoms with Gasteiger partial charge in [-0.05, 0) is 35.2 Å². The van der Waals surface area contributed by atoms with Crippen LogP contribution in [-0.2, 0) is 25.4 Å². The second-order valence-corrected chi connectivity index (χ2v) is 8.63. The maximum absolute atomic E-state index is 13.4. The highest BCUT2D eigenvalue weighted by Crippen LogP contribution is 2.34. The van der Waals surface area contributed by atoms with Crippen molar-refractivity contribution in [3.05, 3.63) is 72.7 Å². The number of rotatable bonds is 4. The van der Waals surface area contributed by atoms with Gasteiger partial charge in [-0.3, -0.25) is 23.3 Å². The predicted octanol–water partition coefficient (Wildman–Crippen LogP) is 2.12. The van der Waals surface area contributed by atoms with Gasteiger partial charge in [0.15, 0.2) is 11.2 Å². The van der Waals surface area contributed by atoms with E-state index >= 15 is 0 Å². The van der Waals surface area contributed by atoms with Crippen LogP contribution in [0.4, 0.5) is 0 Å². The molecule has 0 saturated carbocycles. The molecule has 32 heavy (non-hydrogen) atoms. The van der Waals surface area contributed by atoms with Crippen molar-refractivity contribution in [3.8, 4) is 0 Å². The van der Waals surface area contributed by atoms with E-state index in [0.717, 1.165) is 15.2 Å². The van der Waals surface area contributed by atoms with E-state index in [9.17, 15) is 14.4 Å². The van der Waals surface area contributed by atoms with Crippen LogP contribution in [0, 0.1) is 0 Å². The molecule has 0 bridgehead atoms. The van der Waals surface area contributed by atoms with Crippen molar-refractivity contribution in [1.29, 1.82) is 0 Å². The lowest BCUT2D eigenvalue weighted by atomic mass is 10.1. The molecule has 1 atom stereocenters. The van der Waals surface area contributed by atoms with E-state index in [1.165, 1.54) is 39.6 Å². The third-order valence-corrected chi connectivity index (χ3v) is 6.65. The molecule has 4 aromatic heterocycles. The summed E-state index contributed by atoms with van der Waals surface area (Å²) in [4.78, 5) is 43.4. The van der Waals surface area contributed by atoms with Gasteiger partial charge in [0, 0.05) is 20.5 Å². The number of hydrogen-bond acceptors (Lipinski definition) is 7. The fourth-order valence-electron chi connectivity index (χ4n) is 3.81. The number of thiophene rings is 1. The summed E-state index contributed by atoms with van der Waals surface area (Å²) in [6.07, 6.45) is 2.04. The maximum Gasteiger partial charge on any atom is 0.332 e. The summed E-state index contributed by atoms with van der Waals surface area (Å²) >= 11 is 7.82. The van der Waals surface area contributed by atoms with Crippen LogP contribution in [0.3, 0.4) is 0 Å². The number of aryl methyl sites for hydroxylation is 1. The summed E-state index contributed by atoms with van der Waals surface area (Å²) in [7, 11) is 2.85. The van der Waals surface area contributed by atoms with E-state index in [1.54, 1.807) is 18.4 Å². The van der Waals surface area contributed by atoms with Crippen LogP contribution in [0.5, 0.6) is 0 Å². The number of amides is 1. The van der Waals surface area contributed by atoms with Crippen LogP contribution in [0.25, 0.3) is 11.2 Å². The van der Waals surface area contributed by atoms with Crippen LogP contribution < -0.4 is 11.2 Å². The number of halogens is 1. The lowest BCUT2D eigenvalue weighted by Crippen LogP contribution is -2.38. The molecule has 1 amide bonds. The summed E-state index contributed by atoms with van der Waals surface area (Å²) in [5, 5.41) is 7.81. The number of hydrazone groups is 1. The van der Waals surface area contributed by atoms with Gasteiger partial charge in [-0.25, -0.2) is 9.80 Å². The largest absolute Gasteiger partial charge is 0.467 e. The van der Waals surface area contributed by atoms with Gasteiger partial charge in [-0.2, -0.15) is 10.1 Å². The van der Waals surface area contributed by atoms with Crippen molar-refractivity contribution in [3.63, 3.8) is 0 Å². The summed E-state index contributed by atoms with van der Waals surface area (Å²) in [5.74, 6) is 0.212. The molecule has 5 rings (SSSR count). The van der Waals surface area contributed by atoms with Crippen LogP contribution in [0.15, 0.2) is 55.0 Å². The predicted molar refractivity (Wildman–Crippen MR) is 119 cm³/mol. The monoisotopic (exact) mass is 472 g/mol. The molecule has 1 aliphatic rings. The maximum atomic E-state index is 13.4. The van der Waals surface area contributed by atoms with Crippen LogP contribution in [-0.4, -0.2) is 35.3 Å². The van der Waals surface area contributed by atoms with Crippen LogP contribution in [0.1, 0.15) is 23.1 Å². The zero-order valence-electron chi connectivity index (χ0n) is 17.1. The second-order valence-electron chi connectivity index (χ2n) is 7.34. The molecular weight excluding hydrogens is 456 g/mol. The first kappa shape index (κ1) is 20.5. The van der Waals surface area contributed by atoms with Gasteiger partial charge in [0.1, 0.15) is 18.3 Å². The molecule has 4 aromatic rings. The summed E-state index contributed by atoms with van der Waals surface area (Å²) in [5.41, 5.74) is -0.152. The highest BCUT2D eigenvalue weighted by atomic mass is 35.5. The first-order valence-electron chi connectivity index (χ1n) is 9.65. The van der Waals surface area contributed by atoms with Gasteiger partial charge in [0.2, 0.25) is 5.28 Å². The molecule has 5 heterocycles. The topological polar surface area (TPSA) is 108 Å². The Bertz CT molecular complexity index is 1480. The average molecular weight is 473 g/mol. The SMILES string of the molecule is Cn1c(=O)c2c(nc(Cl)n2CC(=O)N2N=C(c3cccs3)CC2c2ccco2)n(C)c1=O. The zero-order chi connectivity index (χ0) is 22.6. The Morgan fingerprint density at radius 2 is 2.06 bits per heavy atom. The lowest BCUT2D eigenvalue weighted by Gasteiger charge is -2.20. The number of fused-ring (bicyclic) bond motifs is 1. The third kappa shape index (κ3) is 3.12. The van der Waals surface area contributed by atoms with Crippen molar-refractivity contribution in [2.75, 3.05) is 0 Å². The molecule has 0 spiro atoms. The Balaban J connectivity index is 1.56. The second kappa shape index (κ2) is 7.61. The molecule has 1 aliphatic heterocycles. The number of carbonyl (C=O) groups excluding carboxylic acids is 1. The Morgan fingerprint density at radius 3 is 2.75 bits per heavy atom. The van der Waals surface area contributed by atoms with Gasteiger partial charge in [0.25, 0.3) is 11.5 Å². The third-order valence-electron chi connectivity index (χ3n) is 5.44. The van der Waals surface area contributed by atoms with Gasteiger partial charge >= 0.3 is 5.69 Å². The molecular formula is C20H17ClN6O4S. The highest BCUT2D eigenvalue weighted by Gasteiger charge is 2.35. The zero-order valence-corrected chi connectivity index (χ0v) is 18.6. The molecule has 0 N–H and O–H groups in total. The molecule has 0 radical (unpaired) electrons. The molecule has 0 saturated heterocycles. The van der Waals surface area contributed by atoms with E-state index in [-0.39, 0.29) is 23.0 Å². The van der Waals surface area contributed by atoms with Crippen molar-refractivity contribution in [1.82, 2.24) is 23.7 Å². The van der Waals surface area contributed by atoms with Crippen molar-refractivity contribution in [2.45, 2.75) is 19.0 Å². The Hall–Kier alpha value is -3.44. The van der Waals surface area contributed by atoms with E-state index in [1.807, 2.05) is 17.5 Å². The van der Waals surface area contributed by atoms with E-state index < -0.39 is 23.2 Å². The molecule has 12 heteroatoms. The van der Waals surface area contributed by atoms with Gasteiger partial charge in [-0.15, -0.1) is 11.3 Å². The van der Waals surface area contributed by atoms with Gasteiger partial charge in [0.05, 0.1) is 16.9 Å². The highest BCUT2D eigenvalue weighted by molar-refractivity contribution is 7.12. The quantitative estimate of drug-likeness (QED) is 0.423. The molecule has 10 nitrogen and oxygen atoms in total. The number of aromatic nitrogens is 4. The Morgan fingerprint density at radius 1 is 1.25 bits per heavy atom. The van der Waals surface area contributed by atoms with Crippen LogP contribution >= 0.6 is 22.9 Å². The fraction of sp³-hybridized carbons (Fsp3) is 0.250. The average Bonchev–Trinajstić information content (AvgIpc) is 3.57. The van der Waals surface area contributed by atoms with E-state index in [0.29, 0.717) is 12.2 Å². The first-order valence-corrected chi connectivity index (χ1v) is 10.9. The molecule has 164 valence electrons. The van der Waals surface area contributed by atoms with Crippen molar-refractivity contribution < 1.29 is 9.21 Å². The van der Waals surface area contributed by atoms with Crippen molar-refractivity contribution in [2.24, 2.45) is 19.2 Å². The number of carbonyl (C=O) groups is 1. The van der Waals surface area contributed by atoms with E-state index in [2.05, 4.69) is 10.1 Å². The van der Waals surface area contributed by atoms with E-state index in [4.69, 9.17) is 16.0 Å². The molecule has 0 aliphatic carbocycles. The minimum atomic E-state index is -0.581. The number of furan rings is 1. The number of nitrogens with zero attached hydrogens (tertiary/aromatic N) is 6. The van der Waals surface area contributed by atoms with Gasteiger partial charge < -0.3 is 4.42 Å². The summed E-state index contributed by atoms with van der Waals surface area (Å²) in [6, 6.07) is 7.00. The molecule has 0 aromatic carbocycles. The number of imidazole rings is 1. The normalized spacial score (nSPS) is 16.2. The summed E-state index contributed by atoms with van der Waals surface area (Å²) in [6.45, 7) is -0.277. The fourth-order valence-corrected chi connectivity index (χ4v) is 4.75. The van der Waals surface area contributed by atoms with Gasteiger partial charge in [-0.1, -0.05) is 6.07 Å². The molecule has 1 unspecified atom stereocenters. The lowest BCUT2D eigenvalue weighted by molar-refractivity contribution is -0.133. The smallest absolute Gasteiger partial charge is 0.332 e. The minimum Gasteiger partial charge on any atom is -0.467 e. The molecule has 0 fully saturated rings. The first-order chi connectivity index (χ1) is 15.4. The Kier molecular flexibility index (Phi) is 4.86. The summed E-state index contributed by atoms with van der Waals surface area (Å²) < 4.78 is 9.04. The standard InChI is InChI=1S/C20H17ClN6O4S/c1-24-17-16(18(29)25(2)20(24)30)26(19(21)22-17)10-15(28)27-12(13-5-3-7-31-13)9-11(23-27)14-6-4-8-32-14/h3-8,12H,9-10H2,1-2H3.